The lowest BCUT2D eigenvalue weighted by atomic mass is 10.0. The number of rotatable bonds is 5. The summed E-state index contributed by atoms with van der Waals surface area (Å²) in [5, 5.41) is 8.45. The summed E-state index contributed by atoms with van der Waals surface area (Å²) in [5.41, 5.74) is -0.685. The van der Waals surface area contributed by atoms with Crippen molar-refractivity contribution < 1.29 is 36.6 Å². The molecule has 0 heterocycles. The third-order valence-corrected chi connectivity index (χ3v) is 2.19. The molecule has 1 aromatic rings. The lowest BCUT2D eigenvalue weighted by molar-refractivity contribution is -0.274. The molecule has 0 atom stereocenters. The van der Waals surface area contributed by atoms with Crippen molar-refractivity contribution in [2.75, 3.05) is 0 Å². The molecule has 0 aliphatic rings. The van der Waals surface area contributed by atoms with E-state index in [2.05, 4.69) is 4.74 Å². The lowest BCUT2D eigenvalue weighted by Gasteiger charge is -2.13. The van der Waals surface area contributed by atoms with Crippen molar-refractivity contribution in [3.8, 4) is 5.75 Å². The smallest absolute Gasteiger partial charge is 0.481 e. The van der Waals surface area contributed by atoms with Crippen LogP contribution in [0.3, 0.4) is 0 Å². The number of hydrogen-bond acceptors (Lipinski definition) is 2. The van der Waals surface area contributed by atoms with E-state index < -0.39 is 30.1 Å². The zero-order valence-corrected chi connectivity index (χ0v) is 9.38. The van der Waals surface area contributed by atoms with Gasteiger partial charge in [-0.2, -0.15) is 0 Å². The highest BCUT2D eigenvalue weighted by Gasteiger charge is 2.31. The highest BCUT2D eigenvalue weighted by Crippen LogP contribution is 2.30. The Morgan fingerprint density at radius 3 is 2.42 bits per heavy atom. The van der Waals surface area contributed by atoms with Gasteiger partial charge in [0.2, 0.25) is 0 Å². The molecule has 3 nitrogen and oxygen atoms in total. The number of carboxylic acids is 1. The Balaban J connectivity index is 2.97. The molecule has 0 spiro atoms. The molecule has 8 heteroatoms. The molecule has 0 aromatic heterocycles. The van der Waals surface area contributed by atoms with Crippen molar-refractivity contribution in [3.63, 3.8) is 0 Å². The van der Waals surface area contributed by atoms with Crippen LogP contribution in [0.15, 0.2) is 18.2 Å². The van der Waals surface area contributed by atoms with Gasteiger partial charge in [-0.1, -0.05) is 6.07 Å². The largest absolute Gasteiger partial charge is 0.573 e. The molecular weight excluding hydrogens is 275 g/mol. The van der Waals surface area contributed by atoms with Crippen LogP contribution in [0.1, 0.15) is 24.0 Å². The van der Waals surface area contributed by atoms with Gasteiger partial charge >= 0.3 is 12.3 Å². The second-order valence-electron chi connectivity index (χ2n) is 3.60. The van der Waals surface area contributed by atoms with Crippen LogP contribution in [-0.4, -0.2) is 17.4 Å². The van der Waals surface area contributed by atoms with Gasteiger partial charge in [-0.25, -0.2) is 8.78 Å². The SMILES string of the molecule is O=C(O)CCc1ccc(OC(F)(F)F)cc1C(F)F. The van der Waals surface area contributed by atoms with Crippen LogP contribution >= 0.6 is 0 Å². The van der Waals surface area contributed by atoms with Crippen LogP contribution in [0.25, 0.3) is 0 Å². The number of benzene rings is 1. The first-order valence-corrected chi connectivity index (χ1v) is 5.07. The van der Waals surface area contributed by atoms with Crippen molar-refractivity contribution in [1.29, 1.82) is 0 Å². The summed E-state index contributed by atoms with van der Waals surface area (Å²) < 4.78 is 64.7. The molecule has 1 N–H and O–H groups in total. The van der Waals surface area contributed by atoms with Crippen molar-refractivity contribution in [3.05, 3.63) is 29.3 Å². The van der Waals surface area contributed by atoms with Gasteiger partial charge in [0.15, 0.2) is 0 Å². The Kier molecular flexibility index (Phi) is 4.68. The predicted molar refractivity (Wildman–Crippen MR) is 54.0 cm³/mol. The minimum Gasteiger partial charge on any atom is -0.481 e. The van der Waals surface area contributed by atoms with Crippen LogP contribution in [0, 0.1) is 0 Å². The van der Waals surface area contributed by atoms with Crippen molar-refractivity contribution in [2.45, 2.75) is 25.6 Å². The highest BCUT2D eigenvalue weighted by molar-refractivity contribution is 5.67. The van der Waals surface area contributed by atoms with E-state index >= 15 is 0 Å². The van der Waals surface area contributed by atoms with E-state index in [1.807, 2.05) is 0 Å². The number of halogens is 5. The standard InChI is InChI=1S/C11H9F5O3/c12-10(13)8-5-7(19-11(14,15)16)3-1-6(8)2-4-9(17)18/h1,3,5,10H,2,4H2,(H,17,18). The minimum atomic E-state index is -4.97. The average molecular weight is 284 g/mol. The zero-order chi connectivity index (χ0) is 14.6. The maximum absolute atomic E-state index is 12.7. The van der Waals surface area contributed by atoms with E-state index in [1.54, 1.807) is 0 Å². The summed E-state index contributed by atoms with van der Waals surface area (Å²) in [7, 11) is 0. The molecule has 0 amide bonds. The Labute approximate surface area is 104 Å². The monoisotopic (exact) mass is 284 g/mol. The summed E-state index contributed by atoms with van der Waals surface area (Å²) >= 11 is 0. The lowest BCUT2D eigenvalue weighted by Crippen LogP contribution is -2.17. The second kappa shape index (κ2) is 5.85. The van der Waals surface area contributed by atoms with E-state index in [-0.39, 0.29) is 18.4 Å². The van der Waals surface area contributed by atoms with E-state index in [0.717, 1.165) is 12.1 Å². The van der Waals surface area contributed by atoms with E-state index in [9.17, 15) is 26.7 Å². The van der Waals surface area contributed by atoms with Gasteiger partial charge in [-0.05, 0) is 24.1 Å². The molecule has 1 rings (SSSR count). The van der Waals surface area contributed by atoms with Gasteiger partial charge < -0.3 is 9.84 Å². The number of carboxylic acid groups (broad SMARTS) is 1. The quantitative estimate of drug-likeness (QED) is 0.841. The summed E-state index contributed by atoms with van der Waals surface area (Å²) in [6, 6.07) is 2.44. The van der Waals surface area contributed by atoms with E-state index in [0.29, 0.717) is 6.07 Å². The van der Waals surface area contributed by atoms with Gasteiger partial charge in [0, 0.05) is 12.0 Å². The first-order valence-electron chi connectivity index (χ1n) is 5.07. The Morgan fingerprint density at radius 2 is 1.95 bits per heavy atom. The maximum atomic E-state index is 12.7. The first-order chi connectivity index (χ1) is 8.69. The van der Waals surface area contributed by atoms with Gasteiger partial charge in [0.05, 0.1) is 0 Å². The summed E-state index contributed by atoms with van der Waals surface area (Å²) in [5.74, 6) is -1.95. The molecule has 0 unspecified atom stereocenters. The molecule has 106 valence electrons. The fraction of sp³-hybridized carbons (Fsp3) is 0.364. The molecule has 0 aliphatic carbocycles. The topological polar surface area (TPSA) is 46.5 Å². The average Bonchev–Trinajstić information content (AvgIpc) is 2.24. The molecule has 0 aliphatic heterocycles. The summed E-state index contributed by atoms with van der Waals surface area (Å²) in [6.07, 6.45) is -8.57. The van der Waals surface area contributed by atoms with Crippen molar-refractivity contribution in [1.82, 2.24) is 0 Å². The maximum Gasteiger partial charge on any atom is 0.573 e. The van der Waals surface area contributed by atoms with Crippen LogP contribution in [0.2, 0.25) is 0 Å². The fourth-order valence-corrected chi connectivity index (χ4v) is 1.44. The van der Waals surface area contributed by atoms with Gasteiger partial charge in [0.1, 0.15) is 5.75 Å². The van der Waals surface area contributed by atoms with E-state index in [1.165, 1.54) is 0 Å². The molecule has 0 radical (unpaired) electrons. The second-order valence-corrected chi connectivity index (χ2v) is 3.60. The summed E-state index contributed by atoms with van der Waals surface area (Å²) in [6.45, 7) is 0. The third kappa shape index (κ3) is 5.11. The van der Waals surface area contributed by atoms with Gasteiger partial charge in [-0.15, -0.1) is 13.2 Å². The van der Waals surface area contributed by atoms with Crippen LogP contribution in [0.4, 0.5) is 22.0 Å². The Bertz CT molecular complexity index is 456. The number of aliphatic carboxylic acids is 1. The molecule has 0 saturated heterocycles. The summed E-state index contributed by atoms with van der Waals surface area (Å²) in [4.78, 5) is 10.3. The van der Waals surface area contributed by atoms with E-state index in [4.69, 9.17) is 5.11 Å². The number of carbonyl (C=O) groups is 1. The number of alkyl halides is 5. The molecular formula is C11H9F5O3. The van der Waals surface area contributed by atoms with Crippen molar-refractivity contribution >= 4 is 5.97 Å². The molecule has 0 bridgehead atoms. The number of hydrogen-bond donors (Lipinski definition) is 1. The normalized spacial score (nSPS) is 11.7. The number of ether oxygens (including phenoxy) is 1. The van der Waals surface area contributed by atoms with Crippen LogP contribution in [0.5, 0.6) is 5.75 Å². The molecule has 19 heavy (non-hydrogen) atoms. The number of aryl methyl sites for hydroxylation is 1. The molecule has 1 aromatic carbocycles. The highest BCUT2D eigenvalue weighted by atomic mass is 19.4. The van der Waals surface area contributed by atoms with Crippen LogP contribution in [-0.2, 0) is 11.2 Å². The molecule has 0 fully saturated rings. The predicted octanol–water partition coefficient (Wildman–Crippen LogP) is 3.54. The van der Waals surface area contributed by atoms with Gasteiger partial charge in [-0.3, -0.25) is 4.79 Å². The Hall–Kier alpha value is -1.86. The Morgan fingerprint density at radius 1 is 1.32 bits per heavy atom. The van der Waals surface area contributed by atoms with Gasteiger partial charge in [0.25, 0.3) is 6.43 Å². The molecule has 0 saturated carbocycles. The first kappa shape index (κ1) is 15.2. The fourth-order valence-electron chi connectivity index (χ4n) is 1.44. The van der Waals surface area contributed by atoms with Crippen LogP contribution < -0.4 is 4.74 Å². The van der Waals surface area contributed by atoms with Crippen molar-refractivity contribution in [2.24, 2.45) is 0 Å². The minimum absolute atomic E-state index is 0.0214. The zero-order valence-electron chi connectivity index (χ0n) is 9.38. The third-order valence-electron chi connectivity index (χ3n) is 2.19.